The molecule has 5 rings (SSSR count). The Kier molecular flexibility index (Phi) is 15.4. The van der Waals surface area contributed by atoms with Crippen LogP contribution in [0.25, 0.3) is 0 Å². The third-order valence-electron chi connectivity index (χ3n) is 11.1. The molecule has 0 aromatic heterocycles. The van der Waals surface area contributed by atoms with Gasteiger partial charge >= 0.3 is 22.3 Å². The number of carboxylic acids is 1. The molecule has 0 aromatic carbocycles. The minimum absolute atomic E-state index is 0.0198. The summed E-state index contributed by atoms with van der Waals surface area (Å²) in [5.74, 6) is -3.98. The predicted octanol–water partition coefficient (Wildman–Crippen LogP) is -5.06. The first-order valence-electron chi connectivity index (χ1n) is 18.1. The van der Waals surface area contributed by atoms with Gasteiger partial charge in [0.25, 0.3) is 0 Å². The number of aliphatic hydroxyl groups is 8. The van der Waals surface area contributed by atoms with Crippen LogP contribution < -0.4 is 0 Å². The molecule has 2 saturated carbocycles. The minimum Gasteiger partial charge on any atom is -0.481 e. The second-order valence-corrected chi connectivity index (χ2v) is 15.8. The van der Waals surface area contributed by atoms with Crippen LogP contribution >= 0.6 is 0 Å². The van der Waals surface area contributed by atoms with Gasteiger partial charge in [-0.1, -0.05) is 0 Å². The van der Waals surface area contributed by atoms with Gasteiger partial charge < -0.3 is 83.9 Å². The van der Waals surface area contributed by atoms with Crippen molar-refractivity contribution in [2.45, 2.75) is 149 Å². The van der Waals surface area contributed by atoms with Crippen LogP contribution in [0.3, 0.4) is 0 Å². The lowest BCUT2D eigenvalue weighted by atomic mass is 9.72. The molecular weight excluding hydrogens is 784 g/mol. The van der Waals surface area contributed by atoms with Crippen molar-refractivity contribution in [3.05, 3.63) is 0 Å². The van der Waals surface area contributed by atoms with E-state index in [9.17, 15) is 63.4 Å². The SMILES string of the molecule is COC1CC(C2OC3CC(O)CC(O[C@@H]4O[C@H](COC(=O)CC(=O)O)[C@@H](O)[C@H](O)[C@H]4OS(=O)(=O)O)C3CC2O[C@@H]2O[C@H](CO)[C@@H](O)[C@H](O)[C@H]2O)CC(OC)C1O. The van der Waals surface area contributed by atoms with E-state index >= 15 is 0 Å². The van der Waals surface area contributed by atoms with Gasteiger partial charge in [0.15, 0.2) is 18.7 Å². The highest BCUT2D eigenvalue weighted by atomic mass is 32.3. The molecule has 0 spiro atoms. The Morgan fingerprint density at radius 1 is 0.696 bits per heavy atom. The van der Waals surface area contributed by atoms with Crippen LogP contribution in [0.2, 0.25) is 0 Å². The number of methoxy groups -OCH3 is 2. The molecule has 324 valence electrons. The highest BCUT2D eigenvalue weighted by Crippen LogP contribution is 2.45. The molecule has 10 N–H and O–H groups in total. The average molecular weight is 837 g/mol. The van der Waals surface area contributed by atoms with E-state index in [1.807, 2.05) is 0 Å². The molecule has 18 atom stereocenters. The van der Waals surface area contributed by atoms with Crippen molar-refractivity contribution in [1.82, 2.24) is 0 Å². The first-order valence-corrected chi connectivity index (χ1v) is 19.4. The van der Waals surface area contributed by atoms with Crippen molar-refractivity contribution in [2.24, 2.45) is 11.8 Å². The van der Waals surface area contributed by atoms with E-state index in [-0.39, 0.29) is 32.1 Å². The summed E-state index contributed by atoms with van der Waals surface area (Å²) in [7, 11) is -2.51. The zero-order valence-electron chi connectivity index (χ0n) is 30.4. The number of carbonyl (C=O) groups is 2. The van der Waals surface area contributed by atoms with E-state index in [0.29, 0.717) is 0 Å². The highest BCUT2D eigenvalue weighted by molar-refractivity contribution is 7.80. The number of rotatable bonds is 14. The maximum atomic E-state index is 11.9. The number of hydrogen-bond acceptors (Lipinski definition) is 21. The largest absolute Gasteiger partial charge is 0.481 e. The van der Waals surface area contributed by atoms with Gasteiger partial charge in [-0.25, -0.2) is 4.18 Å². The van der Waals surface area contributed by atoms with Crippen molar-refractivity contribution < 1.29 is 111 Å². The van der Waals surface area contributed by atoms with Gasteiger partial charge in [0.05, 0.1) is 49.3 Å². The fourth-order valence-electron chi connectivity index (χ4n) is 8.30. The number of fused-ring (bicyclic) bond motifs is 1. The number of aliphatic hydroxyl groups excluding tert-OH is 8. The number of hydrogen-bond donors (Lipinski definition) is 10. The van der Waals surface area contributed by atoms with Crippen molar-refractivity contribution in [1.29, 1.82) is 0 Å². The Morgan fingerprint density at radius 3 is 1.89 bits per heavy atom. The van der Waals surface area contributed by atoms with Crippen LogP contribution in [-0.4, -0.2) is 209 Å². The summed E-state index contributed by atoms with van der Waals surface area (Å²) in [4.78, 5) is 22.8. The highest BCUT2D eigenvalue weighted by Gasteiger charge is 2.55. The summed E-state index contributed by atoms with van der Waals surface area (Å²) in [5, 5.41) is 93.8. The molecule has 2 aliphatic carbocycles. The zero-order chi connectivity index (χ0) is 41.2. The van der Waals surface area contributed by atoms with Crippen molar-refractivity contribution in [3.63, 3.8) is 0 Å². The van der Waals surface area contributed by atoms with E-state index in [1.54, 1.807) is 0 Å². The van der Waals surface area contributed by atoms with Gasteiger partial charge in [-0.15, -0.1) is 0 Å². The summed E-state index contributed by atoms with van der Waals surface area (Å²) in [5.41, 5.74) is 0. The van der Waals surface area contributed by atoms with E-state index in [2.05, 4.69) is 4.18 Å². The second-order valence-electron chi connectivity index (χ2n) is 14.7. The first kappa shape index (κ1) is 45.3. The molecule has 0 bridgehead atoms. The number of carboxylic acid groups (broad SMARTS) is 1. The Bertz CT molecular complexity index is 1400. The van der Waals surface area contributed by atoms with Gasteiger partial charge in [0, 0.05) is 26.6 Å². The maximum absolute atomic E-state index is 11.9. The van der Waals surface area contributed by atoms with Crippen LogP contribution in [0.4, 0.5) is 0 Å². The van der Waals surface area contributed by atoms with Gasteiger partial charge in [0.2, 0.25) is 0 Å². The van der Waals surface area contributed by atoms with Crippen LogP contribution in [0, 0.1) is 11.8 Å². The zero-order valence-corrected chi connectivity index (χ0v) is 31.2. The molecule has 0 radical (unpaired) electrons. The monoisotopic (exact) mass is 836 g/mol. The molecule has 5 fully saturated rings. The quantitative estimate of drug-likeness (QED) is 0.0444. The molecule has 3 saturated heterocycles. The van der Waals surface area contributed by atoms with E-state index < -0.39 is 164 Å². The summed E-state index contributed by atoms with van der Waals surface area (Å²) in [6.07, 6.45) is -26.3. The minimum atomic E-state index is -5.34. The molecule has 56 heavy (non-hydrogen) atoms. The van der Waals surface area contributed by atoms with Crippen molar-refractivity contribution in [2.75, 3.05) is 27.4 Å². The topological polar surface area (TPSA) is 354 Å². The molecule has 23 nitrogen and oxygen atoms in total. The molecule has 24 heteroatoms. The molecule has 3 aliphatic heterocycles. The molecule has 3 heterocycles. The Morgan fingerprint density at radius 2 is 1.30 bits per heavy atom. The molecule has 8 unspecified atom stereocenters. The van der Waals surface area contributed by atoms with Crippen LogP contribution in [0.15, 0.2) is 0 Å². The van der Waals surface area contributed by atoms with Gasteiger partial charge in [0.1, 0.15) is 61.9 Å². The van der Waals surface area contributed by atoms with Gasteiger partial charge in [-0.2, -0.15) is 8.42 Å². The maximum Gasteiger partial charge on any atom is 0.397 e. The Labute approximate surface area is 320 Å². The average Bonchev–Trinajstić information content (AvgIpc) is 3.13. The third-order valence-corrected chi connectivity index (χ3v) is 11.6. The standard InChI is InChI=1S/C32H52O23S/c1-47-16-3-11(4-17(48-2)23(16)38)29-18(52-31-28(43)26(41)24(39)19(9-33)53-31)7-13-14(50-29)5-12(34)6-15(13)51-32-30(55-56(44,45)46)27(42)25(40)20(54-32)10-49-22(37)8-21(35)36/h11-20,23-34,38-43H,3-10H2,1-2H3,(H,35,36)(H,44,45,46)/t11?,12?,13?,14?,15?,16?,17?,18?,19-,20-,23?,24-,25-,26+,27+,28-,29?,30-,31-,32-/m1/s1. The lowest BCUT2D eigenvalue weighted by Gasteiger charge is -2.53. The van der Waals surface area contributed by atoms with Crippen LogP contribution in [-0.2, 0) is 62.1 Å². The first-order chi connectivity index (χ1) is 26.3. The molecule has 0 aromatic rings. The molecule has 5 aliphatic rings. The van der Waals surface area contributed by atoms with Crippen LogP contribution in [0.5, 0.6) is 0 Å². The fourth-order valence-corrected chi connectivity index (χ4v) is 8.78. The summed E-state index contributed by atoms with van der Waals surface area (Å²) in [6.45, 7) is -1.57. The van der Waals surface area contributed by atoms with Crippen molar-refractivity contribution in [3.8, 4) is 0 Å². The summed E-state index contributed by atoms with van der Waals surface area (Å²) in [6, 6.07) is 0. The summed E-state index contributed by atoms with van der Waals surface area (Å²) >= 11 is 0. The third kappa shape index (κ3) is 10.5. The molecule has 0 amide bonds. The van der Waals surface area contributed by atoms with E-state index in [1.165, 1.54) is 14.2 Å². The number of carbonyl (C=O) groups excluding carboxylic acids is 1. The second kappa shape index (κ2) is 19.1. The van der Waals surface area contributed by atoms with Crippen molar-refractivity contribution >= 4 is 22.3 Å². The number of esters is 1. The summed E-state index contributed by atoms with van der Waals surface area (Å²) < 4.78 is 84.1. The Hall–Kier alpha value is -1.79. The lowest BCUT2D eigenvalue weighted by Crippen LogP contribution is -2.64. The normalized spacial score (nSPS) is 46.1. The predicted molar refractivity (Wildman–Crippen MR) is 176 cm³/mol. The lowest BCUT2D eigenvalue weighted by molar-refractivity contribution is -0.344. The van der Waals surface area contributed by atoms with Gasteiger partial charge in [-0.3, -0.25) is 14.1 Å². The van der Waals surface area contributed by atoms with Crippen LogP contribution in [0.1, 0.15) is 38.5 Å². The Balaban J connectivity index is 1.44. The fraction of sp³-hybridized carbons (Fsp3) is 0.938. The van der Waals surface area contributed by atoms with E-state index in [4.69, 9.17) is 43.0 Å². The number of ether oxygens (including phenoxy) is 8. The van der Waals surface area contributed by atoms with E-state index in [0.717, 1.165) is 0 Å². The number of aliphatic carboxylic acids is 1. The van der Waals surface area contributed by atoms with Gasteiger partial charge in [-0.05, 0) is 31.6 Å². The smallest absolute Gasteiger partial charge is 0.397 e. The molecular formula is C32H52O23S.